The summed E-state index contributed by atoms with van der Waals surface area (Å²) in [6.07, 6.45) is 1.58. The van der Waals surface area contributed by atoms with Gasteiger partial charge in [-0.05, 0) is 31.5 Å². The van der Waals surface area contributed by atoms with Crippen LogP contribution in [0, 0.1) is 0 Å². The molecule has 0 aromatic heterocycles. The zero-order chi connectivity index (χ0) is 14.5. The van der Waals surface area contributed by atoms with Crippen molar-refractivity contribution in [2.24, 2.45) is 0 Å². The molecule has 0 atom stereocenters. The SMILES string of the molecule is C=CCNC(=O)Nc1ccc(C(C)(C)C(=O)O)cc1. The van der Waals surface area contributed by atoms with E-state index in [4.69, 9.17) is 5.11 Å². The van der Waals surface area contributed by atoms with E-state index >= 15 is 0 Å². The molecule has 0 aliphatic rings. The van der Waals surface area contributed by atoms with Gasteiger partial charge < -0.3 is 15.7 Å². The van der Waals surface area contributed by atoms with Crippen LogP contribution in [0.2, 0.25) is 0 Å². The summed E-state index contributed by atoms with van der Waals surface area (Å²) in [7, 11) is 0. The molecule has 0 saturated heterocycles. The highest BCUT2D eigenvalue weighted by Crippen LogP contribution is 2.24. The largest absolute Gasteiger partial charge is 0.481 e. The van der Waals surface area contributed by atoms with Crippen molar-refractivity contribution in [1.82, 2.24) is 5.32 Å². The van der Waals surface area contributed by atoms with Crippen LogP contribution in [0.4, 0.5) is 10.5 Å². The van der Waals surface area contributed by atoms with Crippen LogP contribution in [0.1, 0.15) is 19.4 Å². The van der Waals surface area contributed by atoms with E-state index in [9.17, 15) is 9.59 Å². The third-order valence-corrected chi connectivity index (χ3v) is 2.81. The third kappa shape index (κ3) is 3.84. The molecule has 5 heteroatoms. The number of carboxylic acid groups (broad SMARTS) is 1. The summed E-state index contributed by atoms with van der Waals surface area (Å²) < 4.78 is 0. The van der Waals surface area contributed by atoms with Crippen LogP contribution in [0.5, 0.6) is 0 Å². The van der Waals surface area contributed by atoms with E-state index in [-0.39, 0.29) is 6.03 Å². The minimum atomic E-state index is -0.955. The van der Waals surface area contributed by atoms with Crippen molar-refractivity contribution in [3.05, 3.63) is 42.5 Å². The second-order valence-electron chi connectivity index (χ2n) is 4.63. The Balaban J connectivity index is 2.74. The van der Waals surface area contributed by atoms with Gasteiger partial charge in [0.15, 0.2) is 0 Å². The molecule has 1 rings (SSSR count). The summed E-state index contributed by atoms with van der Waals surface area (Å²) in [5.74, 6) is -0.892. The molecule has 102 valence electrons. The fraction of sp³-hybridized carbons (Fsp3) is 0.286. The van der Waals surface area contributed by atoms with Crippen LogP contribution in [-0.2, 0) is 10.2 Å². The normalized spacial score (nSPS) is 10.6. The Hall–Kier alpha value is -2.30. The van der Waals surface area contributed by atoms with Gasteiger partial charge in [-0.1, -0.05) is 18.2 Å². The molecule has 2 amide bonds. The molecule has 0 fully saturated rings. The first-order valence-corrected chi connectivity index (χ1v) is 5.87. The van der Waals surface area contributed by atoms with E-state index in [0.717, 1.165) is 0 Å². The molecule has 1 aromatic carbocycles. The Morgan fingerprint density at radius 3 is 2.37 bits per heavy atom. The second kappa shape index (κ2) is 6.04. The number of nitrogens with one attached hydrogen (secondary N) is 2. The minimum Gasteiger partial charge on any atom is -0.481 e. The number of rotatable bonds is 5. The van der Waals surface area contributed by atoms with Gasteiger partial charge in [-0.15, -0.1) is 6.58 Å². The van der Waals surface area contributed by atoms with E-state index < -0.39 is 11.4 Å². The average molecular weight is 262 g/mol. The number of hydrogen-bond acceptors (Lipinski definition) is 2. The number of hydrogen-bond donors (Lipinski definition) is 3. The summed E-state index contributed by atoms with van der Waals surface area (Å²) in [5, 5.41) is 14.3. The maximum Gasteiger partial charge on any atom is 0.319 e. The average Bonchev–Trinajstić information content (AvgIpc) is 2.36. The van der Waals surface area contributed by atoms with E-state index in [1.54, 1.807) is 44.2 Å². The topological polar surface area (TPSA) is 78.4 Å². The molecular weight excluding hydrogens is 244 g/mol. The molecule has 0 saturated carbocycles. The smallest absolute Gasteiger partial charge is 0.319 e. The monoisotopic (exact) mass is 262 g/mol. The lowest BCUT2D eigenvalue weighted by atomic mass is 9.85. The first-order valence-electron chi connectivity index (χ1n) is 5.87. The number of carboxylic acids is 1. The van der Waals surface area contributed by atoms with Crippen LogP contribution in [-0.4, -0.2) is 23.7 Å². The van der Waals surface area contributed by atoms with Gasteiger partial charge in [0.25, 0.3) is 0 Å². The zero-order valence-electron chi connectivity index (χ0n) is 11.1. The quantitative estimate of drug-likeness (QED) is 0.713. The van der Waals surface area contributed by atoms with Crippen LogP contribution in [0.25, 0.3) is 0 Å². The van der Waals surface area contributed by atoms with Crippen molar-refractivity contribution in [2.75, 3.05) is 11.9 Å². The molecule has 0 heterocycles. The molecule has 0 aliphatic heterocycles. The highest BCUT2D eigenvalue weighted by molar-refractivity contribution is 5.89. The summed E-state index contributed by atoms with van der Waals surface area (Å²) in [4.78, 5) is 22.5. The van der Waals surface area contributed by atoms with Gasteiger partial charge >= 0.3 is 12.0 Å². The van der Waals surface area contributed by atoms with Crippen molar-refractivity contribution in [3.8, 4) is 0 Å². The Kier molecular flexibility index (Phi) is 4.69. The molecule has 0 unspecified atom stereocenters. The molecule has 0 radical (unpaired) electrons. The first-order chi connectivity index (χ1) is 8.87. The number of urea groups is 1. The van der Waals surface area contributed by atoms with Gasteiger partial charge in [0.2, 0.25) is 0 Å². The van der Waals surface area contributed by atoms with Crippen LogP contribution in [0.3, 0.4) is 0 Å². The molecule has 0 bridgehead atoms. The van der Waals surface area contributed by atoms with Crippen molar-refractivity contribution in [3.63, 3.8) is 0 Å². The highest BCUT2D eigenvalue weighted by atomic mass is 16.4. The van der Waals surface area contributed by atoms with Crippen molar-refractivity contribution >= 4 is 17.7 Å². The number of benzene rings is 1. The maximum atomic E-state index is 11.4. The minimum absolute atomic E-state index is 0.329. The summed E-state index contributed by atoms with van der Waals surface area (Å²) in [6, 6.07) is 6.40. The highest BCUT2D eigenvalue weighted by Gasteiger charge is 2.29. The number of amides is 2. The molecule has 0 aliphatic carbocycles. The number of carbonyl (C=O) groups is 2. The molecular formula is C14H18N2O3. The van der Waals surface area contributed by atoms with Gasteiger partial charge in [0.1, 0.15) is 0 Å². The first kappa shape index (κ1) is 14.8. The number of anilines is 1. The lowest BCUT2D eigenvalue weighted by molar-refractivity contribution is -0.142. The van der Waals surface area contributed by atoms with Gasteiger partial charge in [-0.25, -0.2) is 4.79 Å². The van der Waals surface area contributed by atoms with E-state index in [1.165, 1.54) is 0 Å². The van der Waals surface area contributed by atoms with E-state index in [1.807, 2.05) is 0 Å². The zero-order valence-corrected chi connectivity index (χ0v) is 11.1. The predicted octanol–water partition coefficient (Wildman–Crippen LogP) is 2.36. The van der Waals surface area contributed by atoms with Gasteiger partial charge in [-0.3, -0.25) is 4.79 Å². The van der Waals surface area contributed by atoms with Crippen LogP contribution in [0.15, 0.2) is 36.9 Å². The van der Waals surface area contributed by atoms with Crippen LogP contribution < -0.4 is 10.6 Å². The molecule has 5 nitrogen and oxygen atoms in total. The standard InChI is InChI=1S/C14H18N2O3/c1-4-9-15-13(19)16-11-7-5-10(6-8-11)14(2,3)12(17)18/h4-8H,1,9H2,2-3H3,(H,17,18)(H2,15,16,19). The predicted molar refractivity (Wildman–Crippen MR) is 74.3 cm³/mol. The van der Waals surface area contributed by atoms with Crippen molar-refractivity contribution < 1.29 is 14.7 Å². The lowest BCUT2D eigenvalue weighted by Gasteiger charge is -2.19. The van der Waals surface area contributed by atoms with Gasteiger partial charge in [-0.2, -0.15) is 0 Å². The van der Waals surface area contributed by atoms with Gasteiger partial charge in [0, 0.05) is 12.2 Å². The van der Waals surface area contributed by atoms with Crippen molar-refractivity contribution in [2.45, 2.75) is 19.3 Å². The summed E-state index contributed by atoms with van der Waals surface area (Å²) >= 11 is 0. The van der Waals surface area contributed by atoms with Crippen LogP contribution >= 0.6 is 0 Å². The Morgan fingerprint density at radius 1 is 1.32 bits per heavy atom. The summed E-state index contributed by atoms with van der Waals surface area (Å²) in [5.41, 5.74) is 0.326. The second-order valence-corrected chi connectivity index (χ2v) is 4.63. The maximum absolute atomic E-state index is 11.4. The fourth-order valence-corrected chi connectivity index (χ4v) is 1.43. The Morgan fingerprint density at radius 2 is 1.89 bits per heavy atom. The Bertz CT molecular complexity index is 478. The fourth-order valence-electron chi connectivity index (χ4n) is 1.43. The van der Waals surface area contributed by atoms with E-state index in [0.29, 0.717) is 17.8 Å². The van der Waals surface area contributed by atoms with E-state index in [2.05, 4.69) is 17.2 Å². The Labute approximate surface area is 112 Å². The van der Waals surface area contributed by atoms with Crippen molar-refractivity contribution in [1.29, 1.82) is 0 Å². The molecule has 3 N–H and O–H groups in total. The van der Waals surface area contributed by atoms with Gasteiger partial charge in [0.05, 0.1) is 5.41 Å². The molecule has 1 aromatic rings. The molecule has 0 spiro atoms. The number of carbonyl (C=O) groups excluding carboxylic acids is 1. The number of aliphatic carboxylic acids is 1. The lowest BCUT2D eigenvalue weighted by Crippen LogP contribution is -2.29. The summed E-state index contributed by atoms with van der Waals surface area (Å²) in [6.45, 7) is 7.15. The third-order valence-electron chi connectivity index (χ3n) is 2.81. The molecule has 19 heavy (non-hydrogen) atoms.